The number of amides is 2. The van der Waals surface area contributed by atoms with E-state index in [1.54, 1.807) is 17.9 Å². The fraction of sp³-hybridized carbons (Fsp3) is 0.462. The molecule has 0 bridgehead atoms. The second-order valence-electron chi connectivity index (χ2n) is 8.63. The highest BCUT2D eigenvalue weighted by atomic mass is 32.2. The minimum Gasteiger partial charge on any atom is -0.354 e. The third kappa shape index (κ3) is 7.58. The van der Waals surface area contributed by atoms with Crippen molar-refractivity contribution >= 4 is 27.5 Å². The van der Waals surface area contributed by atoms with Gasteiger partial charge >= 0.3 is 0 Å². The first kappa shape index (κ1) is 27.4. The van der Waals surface area contributed by atoms with Crippen LogP contribution in [-0.2, 0) is 26.2 Å². The maximum atomic E-state index is 13.2. The Bertz CT molecular complexity index is 1070. The van der Waals surface area contributed by atoms with Crippen molar-refractivity contribution < 1.29 is 18.0 Å². The number of hydrogen-bond acceptors (Lipinski definition) is 4. The summed E-state index contributed by atoms with van der Waals surface area (Å²) in [6.07, 6.45) is 2.46. The molecule has 0 spiro atoms. The Morgan fingerprint density at radius 1 is 1.03 bits per heavy atom. The van der Waals surface area contributed by atoms with Crippen molar-refractivity contribution in [2.75, 3.05) is 23.7 Å². The number of carbonyl (C=O) groups excluding carboxylic acids is 2. The summed E-state index contributed by atoms with van der Waals surface area (Å²) in [6.45, 7) is 8.58. The summed E-state index contributed by atoms with van der Waals surface area (Å²) in [6, 6.07) is 14.5. The van der Waals surface area contributed by atoms with E-state index in [-0.39, 0.29) is 24.8 Å². The van der Waals surface area contributed by atoms with Crippen LogP contribution < -0.4 is 9.62 Å². The smallest absolute Gasteiger partial charge is 0.242 e. The molecular formula is C26H37N3O4S. The molecule has 1 atom stereocenters. The van der Waals surface area contributed by atoms with Crippen LogP contribution in [0.25, 0.3) is 0 Å². The molecule has 0 saturated carbocycles. The average molecular weight is 488 g/mol. The molecule has 2 rings (SSSR count). The first-order valence-electron chi connectivity index (χ1n) is 11.7. The van der Waals surface area contributed by atoms with Gasteiger partial charge in [-0.3, -0.25) is 13.9 Å². The quantitative estimate of drug-likeness (QED) is 0.493. The Morgan fingerprint density at radius 2 is 1.71 bits per heavy atom. The summed E-state index contributed by atoms with van der Waals surface area (Å²) in [5.74, 6) is -0.378. The van der Waals surface area contributed by atoms with Crippen LogP contribution in [0.4, 0.5) is 5.69 Å². The van der Waals surface area contributed by atoms with Crippen molar-refractivity contribution in [2.45, 2.75) is 59.5 Å². The molecule has 2 aromatic carbocycles. The maximum Gasteiger partial charge on any atom is 0.242 e. The van der Waals surface area contributed by atoms with Gasteiger partial charge in [-0.15, -0.1) is 0 Å². The summed E-state index contributed by atoms with van der Waals surface area (Å²) >= 11 is 0. The zero-order chi connectivity index (χ0) is 25.3. The topological polar surface area (TPSA) is 86.8 Å². The number of nitrogens with one attached hydrogen (secondary N) is 1. The predicted octanol–water partition coefficient (Wildman–Crippen LogP) is 3.79. The van der Waals surface area contributed by atoms with Crippen molar-refractivity contribution in [3.8, 4) is 0 Å². The molecule has 0 aliphatic heterocycles. The molecule has 1 N–H and O–H groups in total. The van der Waals surface area contributed by atoms with Gasteiger partial charge in [-0.2, -0.15) is 0 Å². The average Bonchev–Trinajstić information content (AvgIpc) is 2.80. The number of rotatable bonds is 12. The van der Waals surface area contributed by atoms with Gasteiger partial charge in [0.05, 0.1) is 11.9 Å². The van der Waals surface area contributed by atoms with Gasteiger partial charge in [-0.1, -0.05) is 49.4 Å². The van der Waals surface area contributed by atoms with Crippen molar-refractivity contribution in [3.63, 3.8) is 0 Å². The molecule has 0 aliphatic rings. The monoisotopic (exact) mass is 487 g/mol. The van der Waals surface area contributed by atoms with Gasteiger partial charge < -0.3 is 10.2 Å². The van der Waals surface area contributed by atoms with Gasteiger partial charge in [-0.25, -0.2) is 8.42 Å². The molecule has 0 unspecified atom stereocenters. The molecule has 0 heterocycles. The normalized spacial score (nSPS) is 12.1. The summed E-state index contributed by atoms with van der Waals surface area (Å²) in [7, 11) is -3.52. The van der Waals surface area contributed by atoms with Crippen molar-refractivity contribution in [1.29, 1.82) is 0 Å². The molecule has 0 radical (unpaired) electrons. The van der Waals surface area contributed by atoms with Gasteiger partial charge in [0.15, 0.2) is 0 Å². The number of sulfonamides is 1. The molecule has 0 saturated heterocycles. The third-order valence-corrected chi connectivity index (χ3v) is 7.09. The first-order chi connectivity index (χ1) is 16.1. The minimum atomic E-state index is -3.52. The van der Waals surface area contributed by atoms with Gasteiger partial charge in [0, 0.05) is 26.1 Å². The van der Waals surface area contributed by atoms with Crippen molar-refractivity contribution in [2.24, 2.45) is 0 Å². The standard InChI is InChI=1S/C26H37N3O4S/c1-6-17-27-26(31)22(4)28(19-23-13-8-7-9-14-23)25(30)16-11-18-29(34(5,32)33)24-15-10-12-20(2)21(24)3/h7-10,12-15,22H,6,11,16-19H2,1-5H3,(H,27,31)/t22-/m1/s1. The largest absolute Gasteiger partial charge is 0.354 e. The Hall–Kier alpha value is -2.87. The lowest BCUT2D eigenvalue weighted by molar-refractivity contribution is -0.140. The van der Waals surface area contributed by atoms with E-state index in [1.807, 2.05) is 63.2 Å². The molecule has 2 amide bonds. The van der Waals surface area contributed by atoms with E-state index in [4.69, 9.17) is 0 Å². The highest BCUT2D eigenvalue weighted by Gasteiger charge is 2.26. The predicted molar refractivity (Wildman–Crippen MR) is 137 cm³/mol. The highest BCUT2D eigenvalue weighted by molar-refractivity contribution is 7.92. The molecule has 8 heteroatoms. The second-order valence-corrected chi connectivity index (χ2v) is 10.5. The summed E-state index contributed by atoms with van der Waals surface area (Å²) in [4.78, 5) is 27.4. The molecule has 2 aromatic rings. The third-order valence-electron chi connectivity index (χ3n) is 5.91. The van der Waals surface area contributed by atoms with Gasteiger partial charge in [-0.05, 0) is 56.4 Å². The van der Waals surface area contributed by atoms with Crippen LogP contribution in [-0.4, -0.2) is 50.5 Å². The number of aryl methyl sites for hydroxylation is 1. The van der Waals surface area contributed by atoms with Crippen molar-refractivity contribution in [1.82, 2.24) is 10.2 Å². The van der Waals surface area contributed by atoms with Crippen molar-refractivity contribution in [3.05, 3.63) is 65.2 Å². The molecule has 0 aliphatic carbocycles. The Kier molecular flexibility index (Phi) is 10.1. The lowest BCUT2D eigenvalue weighted by Crippen LogP contribution is -2.47. The number of carbonyl (C=O) groups is 2. The van der Waals surface area contributed by atoms with E-state index in [0.29, 0.717) is 25.2 Å². The number of nitrogens with zero attached hydrogens (tertiary/aromatic N) is 2. The van der Waals surface area contributed by atoms with Crippen LogP contribution in [0.15, 0.2) is 48.5 Å². The van der Waals surface area contributed by atoms with Gasteiger partial charge in [0.1, 0.15) is 6.04 Å². The highest BCUT2D eigenvalue weighted by Crippen LogP contribution is 2.25. The van der Waals surface area contributed by atoms with E-state index in [0.717, 1.165) is 23.1 Å². The van der Waals surface area contributed by atoms with Gasteiger partial charge in [0.25, 0.3) is 0 Å². The summed E-state index contributed by atoms with van der Waals surface area (Å²) in [5.41, 5.74) is 3.46. The lowest BCUT2D eigenvalue weighted by Gasteiger charge is -2.29. The molecule has 0 aromatic heterocycles. The van der Waals surface area contributed by atoms with E-state index in [1.165, 1.54) is 10.6 Å². The number of hydrogen-bond donors (Lipinski definition) is 1. The summed E-state index contributed by atoms with van der Waals surface area (Å²) in [5, 5.41) is 2.86. The fourth-order valence-electron chi connectivity index (χ4n) is 3.75. The Morgan fingerprint density at radius 3 is 2.32 bits per heavy atom. The molecule has 0 fully saturated rings. The molecule has 34 heavy (non-hydrogen) atoms. The Labute approximate surface area is 204 Å². The van der Waals surface area contributed by atoms with Crippen LogP contribution in [0, 0.1) is 13.8 Å². The lowest BCUT2D eigenvalue weighted by atomic mass is 10.1. The van der Waals surface area contributed by atoms with E-state index < -0.39 is 16.1 Å². The molecule has 7 nitrogen and oxygen atoms in total. The van der Waals surface area contributed by atoms with Crippen LogP contribution >= 0.6 is 0 Å². The Balaban J connectivity index is 2.16. The number of anilines is 1. The van der Waals surface area contributed by atoms with Crippen LogP contribution in [0.3, 0.4) is 0 Å². The minimum absolute atomic E-state index is 0.134. The van der Waals surface area contributed by atoms with Gasteiger partial charge in [0.2, 0.25) is 21.8 Å². The second kappa shape index (κ2) is 12.6. The zero-order valence-electron chi connectivity index (χ0n) is 20.9. The van der Waals surface area contributed by atoms with E-state index in [2.05, 4.69) is 5.32 Å². The maximum absolute atomic E-state index is 13.2. The van der Waals surface area contributed by atoms with E-state index in [9.17, 15) is 18.0 Å². The van der Waals surface area contributed by atoms with E-state index >= 15 is 0 Å². The fourth-order valence-corrected chi connectivity index (χ4v) is 4.76. The van der Waals surface area contributed by atoms with Crippen LogP contribution in [0.1, 0.15) is 49.8 Å². The summed E-state index contributed by atoms with van der Waals surface area (Å²) < 4.78 is 26.4. The van der Waals surface area contributed by atoms with Crippen LogP contribution in [0.5, 0.6) is 0 Å². The first-order valence-corrected chi connectivity index (χ1v) is 13.6. The molecular weight excluding hydrogens is 450 g/mol. The molecule has 186 valence electrons. The SMILES string of the molecule is CCCNC(=O)[C@@H](C)N(Cc1ccccc1)C(=O)CCCN(c1cccc(C)c1C)S(C)(=O)=O. The van der Waals surface area contributed by atoms with Crippen LogP contribution in [0.2, 0.25) is 0 Å². The number of benzene rings is 2. The zero-order valence-corrected chi connectivity index (χ0v) is 21.7.